The van der Waals surface area contributed by atoms with Gasteiger partial charge in [0.05, 0.1) is 11.2 Å². The lowest BCUT2D eigenvalue weighted by Crippen LogP contribution is -2.30. The van der Waals surface area contributed by atoms with Crippen LogP contribution in [0.3, 0.4) is 0 Å². The largest absolute Gasteiger partial charge is 0.380 e. The molecule has 2 N–H and O–H groups in total. The Morgan fingerprint density at radius 1 is 1.44 bits per heavy atom. The molecular weight excluding hydrogens is 242 g/mol. The number of para-hydroxylation sites is 1. The summed E-state index contributed by atoms with van der Waals surface area (Å²) in [6, 6.07) is 9.06. The first-order valence-electron chi connectivity index (χ1n) is 6.27. The number of aromatic nitrogens is 1. The number of fused-ring (bicyclic) bond motifs is 1. The minimum absolute atomic E-state index is 0.510. The van der Waals surface area contributed by atoms with Gasteiger partial charge in [-0.3, -0.25) is 0 Å². The van der Waals surface area contributed by atoms with Crippen molar-refractivity contribution in [3.05, 3.63) is 45.9 Å². The van der Waals surface area contributed by atoms with E-state index in [1.165, 1.54) is 16.1 Å². The summed E-state index contributed by atoms with van der Waals surface area (Å²) in [6.07, 6.45) is 1.12. The number of benzene rings is 1. The van der Waals surface area contributed by atoms with Gasteiger partial charge in [0.25, 0.3) is 0 Å². The SMILES string of the molecule is Cc1ncsc1CNCC1Cc2ccccc2N1. The van der Waals surface area contributed by atoms with Crippen molar-refractivity contribution >= 4 is 17.0 Å². The lowest BCUT2D eigenvalue weighted by Gasteiger charge is -2.12. The number of nitrogens with one attached hydrogen (secondary N) is 2. The topological polar surface area (TPSA) is 37.0 Å². The van der Waals surface area contributed by atoms with Crippen LogP contribution in [0.1, 0.15) is 16.1 Å². The second-order valence-corrected chi connectivity index (χ2v) is 5.63. The Balaban J connectivity index is 1.50. The van der Waals surface area contributed by atoms with Crippen molar-refractivity contribution in [1.82, 2.24) is 10.3 Å². The van der Waals surface area contributed by atoms with Crippen LogP contribution in [-0.4, -0.2) is 17.6 Å². The minimum atomic E-state index is 0.510. The molecule has 0 saturated carbocycles. The zero-order valence-corrected chi connectivity index (χ0v) is 11.3. The van der Waals surface area contributed by atoms with Gasteiger partial charge in [0.15, 0.2) is 0 Å². The van der Waals surface area contributed by atoms with E-state index in [2.05, 4.69) is 46.8 Å². The van der Waals surface area contributed by atoms with E-state index in [1.54, 1.807) is 11.3 Å². The third-order valence-electron chi connectivity index (χ3n) is 3.36. The number of hydrogen-bond acceptors (Lipinski definition) is 4. The molecule has 0 amide bonds. The highest BCUT2D eigenvalue weighted by atomic mass is 32.1. The maximum absolute atomic E-state index is 4.26. The van der Waals surface area contributed by atoms with Gasteiger partial charge in [0.1, 0.15) is 0 Å². The number of hydrogen-bond donors (Lipinski definition) is 2. The second-order valence-electron chi connectivity index (χ2n) is 4.69. The highest BCUT2D eigenvalue weighted by molar-refractivity contribution is 7.09. The molecule has 1 aromatic carbocycles. The van der Waals surface area contributed by atoms with E-state index in [4.69, 9.17) is 0 Å². The summed E-state index contributed by atoms with van der Waals surface area (Å²) < 4.78 is 0. The Morgan fingerprint density at radius 2 is 2.33 bits per heavy atom. The molecule has 1 unspecified atom stereocenters. The number of aryl methyl sites for hydroxylation is 1. The average Bonchev–Trinajstić information content (AvgIpc) is 2.96. The van der Waals surface area contributed by atoms with Crippen LogP contribution in [0.15, 0.2) is 29.8 Å². The van der Waals surface area contributed by atoms with Gasteiger partial charge in [-0.15, -0.1) is 11.3 Å². The van der Waals surface area contributed by atoms with Crippen LogP contribution in [0.5, 0.6) is 0 Å². The molecule has 0 fully saturated rings. The minimum Gasteiger partial charge on any atom is -0.380 e. The molecule has 1 aromatic heterocycles. The molecular formula is C14H17N3S. The summed E-state index contributed by atoms with van der Waals surface area (Å²) in [5.41, 5.74) is 5.78. The lowest BCUT2D eigenvalue weighted by atomic mass is 10.1. The molecule has 1 aliphatic rings. The fourth-order valence-corrected chi connectivity index (χ4v) is 3.10. The van der Waals surface area contributed by atoms with E-state index in [0.717, 1.165) is 25.2 Å². The van der Waals surface area contributed by atoms with Crippen LogP contribution in [0.25, 0.3) is 0 Å². The Kier molecular flexibility index (Phi) is 3.30. The van der Waals surface area contributed by atoms with Crippen LogP contribution in [0, 0.1) is 6.92 Å². The van der Waals surface area contributed by atoms with Crippen molar-refractivity contribution in [1.29, 1.82) is 0 Å². The monoisotopic (exact) mass is 259 g/mol. The standard InChI is InChI=1S/C14H17N3S/c1-10-14(18-9-16-10)8-15-7-12-6-11-4-2-3-5-13(11)17-12/h2-5,9,12,15,17H,6-8H2,1H3. The Hall–Kier alpha value is -1.39. The number of nitrogens with zero attached hydrogens (tertiary/aromatic N) is 1. The summed E-state index contributed by atoms with van der Waals surface area (Å²) in [4.78, 5) is 5.60. The molecule has 1 atom stereocenters. The second kappa shape index (κ2) is 5.08. The predicted molar refractivity (Wildman–Crippen MR) is 76.1 cm³/mol. The normalized spacial score (nSPS) is 17.5. The zero-order valence-electron chi connectivity index (χ0n) is 10.4. The summed E-state index contributed by atoms with van der Waals surface area (Å²) in [7, 11) is 0. The van der Waals surface area contributed by atoms with Crippen molar-refractivity contribution in [2.24, 2.45) is 0 Å². The van der Waals surface area contributed by atoms with Crippen molar-refractivity contribution in [2.75, 3.05) is 11.9 Å². The molecule has 3 nitrogen and oxygen atoms in total. The van der Waals surface area contributed by atoms with Crippen LogP contribution in [0.2, 0.25) is 0 Å². The van der Waals surface area contributed by atoms with Crippen LogP contribution in [0.4, 0.5) is 5.69 Å². The first-order chi connectivity index (χ1) is 8.83. The Labute approximate surface area is 111 Å². The van der Waals surface area contributed by atoms with Gasteiger partial charge in [0, 0.05) is 29.7 Å². The summed E-state index contributed by atoms with van der Waals surface area (Å²) in [6.45, 7) is 3.98. The van der Waals surface area contributed by atoms with E-state index >= 15 is 0 Å². The first kappa shape index (κ1) is 11.7. The smallest absolute Gasteiger partial charge is 0.0798 e. The molecule has 0 saturated heterocycles. The predicted octanol–water partition coefficient (Wildman–Crippen LogP) is 2.58. The zero-order chi connectivity index (χ0) is 12.4. The van der Waals surface area contributed by atoms with Gasteiger partial charge in [0.2, 0.25) is 0 Å². The van der Waals surface area contributed by atoms with Crippen molar-refractivity contribution < 1.29 is 0 Å². The van der Waals surface area contributed by atoms with Crippen molar-refractivity contribution in [3.8, 4) is 0 Å². The van der Waals surface area contributed by atoms with Gasteiger partial charge in [-0.2, -0.15) is 0 Å². The van der Waals surface area contributed by atoms with Crippen LogP contribution in [-0.2, 0) is 13.0 Å². The van der Waals surface area contributed by atoms with Crippen LogP contribution >= 0.6 is 11.3 Å². The van der Waals surface area contributed by atoms with E-state index < -0.39 is 0 Å². The lowest BCUT2D eigenvalue weighted by molar-refractivity contribution is 0.617. The first-order valence-corrected chi connectivity index (χ1v) is 7.15. The number of rotatable bonds is 4. The molecule has 1 aliphatic heterocycles. The van der Waals surface area contributed by atoms with Gasteiger partial charge in [-0.1, -0.05) is 18.2 Å². The third kappa shape index (κ3) is 2.40. The van der Waals surface area contributed by atoms with Gasteiger partial charge < -0.3 is 10.6 Å². The molecule has 94 valence electrons. The molecule has 0 spiro atoms. The van der Waals surface area contributed by atoms with E-state index in [0.29, 0.717) is 6.04 Å². The van der Waals surface area contributed by atoms with Gasteiger partial charge in [-0.25, -0.2) is 4.98 Å². The molecule has 4 heteroatoms. The van der Waals surface area contributed by atoms with Gasteiger partial charge >= 0.3 is 0 Å². The Bertz CT molecular complexity index is 510. The van der Waals surface area contributed by atoms with E-state index in [9.17, 15) is 0 Å². The number of thiazole rings is 1. The van der Waals surface area contributed by atoms with Crippen molar-refractivity contribution in [2.45, 2.75) is 25.9 Å². The highest BCUT2D eigenvalue weighted by Gasteiger charge is 2.19. The summed E-state index contributed by atoms with van der Waals surface area (Å²) in [5, 5.41) is 7.07. The van der Waals surface area contributed by atoms with E-state index in [-0.39, 0.29) is 0 Å². The summed E-state index contributed by atoms with van der Waals surface area (Å²) >= 11 is 1.73. The third-order valence-corrected chi connectivity index (χ3v) is 4.30. The summed E-state index contributed by atoms with van der Waals surface area (Å²) in [5.74, 6) is 0. The fourth-order valence-electron chi connectivity index (χ4n) is 2.35. The highest BCUT2D eigenvalue weighted by Crippen LogP contribution is 2.24. The Morgan fingerprint density at radius 3 is 3.11 bits per heavy atom. The number of anilines is 1. The maximum atomic E-state index is 4.26. The quantitative estimate of drug-likeness (QED) is 0.886. The molecule has 0 bridgehead atoms. The van der Waals surface area contributed by atoms with Crippen molar-refractivity contribution in [3.63, 3.8) is 0 Å². The molecule has 18 heavy (non-hydrogen) atoms. The average molecular weight is 259 g/mol. The molecule has 2 aromatic rings. The van der Waals surface area contributed by atoms with Gasteiger partial charge in [-0.05, 0) is 25.0 Å². The molecule has 3 rings (SSSR count). The molecule has 0 aliphatic carbocycles. The van der Waals surface area contributed by atoms with E-state index in [1.807, 2.05) is 5.51 Å². The fraction of sp³-hybridized carbons (Fsp3) is 0.357. The molecule has 2 heterocycles. The van der Waals surface area contributed by atoms with Crippen LogP contribution < -0.4 is 10.6 Å². The maximum Gasteiger partial charge on any atom is 0.0798 e. The molecule has 0 radical (unpaired) electrons.